The summed E-state index contributed by atoms with van der Waals surface area (Å²) >= 11 is 0. The fourth-order valence-corrected chi connectivity index (χ4v) is 2.63. The highest BCUT2D eigenvalue weighted by Crippen LogP contribution is 2.19. The molecule has 1 amide bonds. The van der Waals surface area contributed by atoms with Gasteiger partial charge in [-0.25, -0.2) is 9.07 Å². The van der Waals surface area contributed by atoms with Gasteiger partial charge in [-0.1, -0.05) is 11.2 Å². The Morgan fingerprint density at radius 1 is 1.17 bits per heavy atom. The van der Waals surface area contributed by atoms with Gasteiger partial charge < -0.3 is 9.84 Å². The molecule has 3 heterocycles. The molecular weight excluding hydrogens is 391 g/mol. The molecule has 0 atom stereocenters. The van der Waals surface area contributed by atoms with Crippen LogP contribution in [0.5, 0.6) is 0 Å². The van der Waals surface area contributed by atoms with Crippen molar-refractivity contribution < 1.29 is 13.7 Å². The van der Waals surface area contributed by atoms with Crippen LogP contribution in [0.4, 0.5) is 10.1 Å². The Morgan fingerprint density at radius 2 is 1.97 bits per heavy atom. The molecule has 150 valence electrons. The first-order valence-electron chi connectivity index (χ1n) is 8.88. The molecule has 0 saturated carbocycles. The number of rotatable bonds is 5. The summed E-state index contributed by atoms with van der Waals surface area (Å²) in [6.07, 6.45) is 3.20. The van der Waals surface area contributed by atoms with E-state index in [9.17, 15) is 14.0 Å². The Hall–Kier alpha value is -4.21. The van der Waals surface area contributed by atoms with E-state index in [1.807, 2.05) is 0 Å². The van der Waals surface area contributed by atoms with Crippen LogP contribution >= 0.6 is 0 Å². The third kappa shape index (κ3) is 4.12. The maximum absolute atomic E-state index is 13.6. The molecule has 0 radical (unpaired) electrons. The van der Waals surface area contributed by atoms with E-state index in [0.717, 1.165) is 4.68 Å². The van der Waals surface area contributed by atoms with Gasteiger partial charge in [-0.3, -0.25) is 14.6 Å². The van der Waals surface area contributed by atoms with Crippen molar-refractivity contribution in [1.29, 1.82) is 0 Å². The maximum atomic E-state index is 13.6. The van der Waals surface area contributed by atoms with E-state index in [0.29, 0.717) is 17.0 Å². The van der Waals surface area contributed by atoms with Gasteiger partial charge >= 0.3 is 0 Å². The molecule has 0 bridgehead atoms. The zero-order valence-corrected chi connectivity index (χ0v) is 15.7. The molecule has 0 unspecified atom stereocenters. The highest BCUT2D eigenvalue weighted by Gasteiger charge is 2.14. The highest BCUT2D eigenvalue weighted by molar-refractivity contribution is 5.90. The number of pyridine rings is 1. The topological polar surface area (TPSA) is 116 Å². The number of aromatic nitrogens is 5. The maximum Gasteiger partial charge on any atom is 0.278 e. The second-order valence-corrected chi connectivity index (χ2v) is 6.39. The minimum absolute atomic E-state index is 0.0941. The molecule has 10 heteroatoms. The van der Waals surface area contributed by atoms with Crippen LogP contribution in [0.15, 0.2) is 64.2 Å². The molecule has 1 N–H and O–H groups in total. The summed E-state index contributed by atoms with van der Waals surface area (Å²) in [6.45, 7) is 1.25. The van der Waals surface area contributed by atoms with E-state index >= 15 is 0 Å². The Bertz CT molecular complexity index is 1270. The first-order valence-corrected chi connectivity index (χ1v) is 8.88. The summed E-state index contributed by atoms with van der Waals surface area (Å²) < 4.78 is 19.8. The highest BCUT2D eigenvalue weighted by atomic mass is 19.1. The van der Waals surface area contributed by atoms with Gasteiger partial charge in [0.25, 0.3) is 11.4 Å². The molecule has 0 aliphatic carbocycles. The van der Waals surface area contributed by atoms with E-state index in [2.05, 4.69) is 25.5 Å². The van der Waals surface area contributed by atoms with Gasteiger partial charge in [0.05, 0.1) is 0 Å². The van der Waals surface area contributed by atoms with Crippen molar-refractivity contribution in [2.75, 3.05) is 5.32 Å². The van der Waals surface area contributed by atoms with Crippen LogP contribution in [0.25, 0.3) is 23.0 Å². The molecule has 9 nitrogen and oxygen atoms in total. The van der Waals surface area contributed by atoms with E-state index in [4.69, 9.17) is 4.52 Å². The summed E-state index contributed by atoms with van der Waals surface area (Å²) in [5, 5.41) is 10.5. The number of carbonyl (C=O) groups excluding carboxylic acids is 1. The summed E-state index contributed by atoms with van der Waals surface area (Å²) in [4.78, 5) is 32.6. The lowest BCUT2D eigenvalue weighted by molar-refractivity contribution is -0.117. The number of amides is 1. The smallest absolute Gasteiger partial charge is 0.278 e. The van der Waals surface area contributed by atoms with Gasteiger partial charge in [0.1, 0.15) is 18.1 Å². The van der Waals surface area contributed by atoms with Crippen LogP contribution in [-0.2, 0) is 11.3 Å². The third-order valence-electron chi connectivity index (χ3n) is 4.20. The van der Waals surface area contributed by atoms with Crippen molar-refractivity contribution in [3.05, 3.63) is 76.6 Å². The van der Waals surface area contributed by atoms with Crippen LogP contribution in [0, 0.1) is 12.7 Å². The minimum Gasteiger partial charge on any atom is -0.332 e. The first kappa shape index (κ1) is 19.1. The summed E-state index contributed by atoms with van der Waals surface area (Å²) in [5.41, 5.74) is 1.20. The average Bonchev–Trinajstić information content (AvgIpc) is 3.23. The second kappa shape index (κ2) is 8.03. The zero-order chi connectivity index (χ0) is 21.1. The molecule has 4 aromatic rings. The predicted molar refractivity (Wildman–Crippen MR) is 105 cm³/mol. The van der Waals surface area contributed by atoms with Crippen molar-refractivity contribution in [1.82, 2.24) is 24.9 Å². The van der Waals surface area contributed by atoms with Crippen molar-refractivity contribution >= 4 is 11.6 Å². The Kier molecular flexibility index (Phi) is 5.12. The van der Waals surface area contributed by atoms with Crippen LogP contribution in [-0.4, -0.2) is 30.8 Å². The van der Waals surface area contributed by atoms with Crippen LogP contribution in [0.2, 0.25) is 0 Å². The fourth-order valence-electron chi connectivity index (χ4n) is 2.63. The largest absolute Gasteiger partial charge is 0.332 e. The molecule has 0 fully saturated rings. The average molecular weight is 406 g/mol. The lowest BCUT2D eigenvalue weighted by Crippen LogP contribution is -2.29. The fraction of sp³-hybridized carbons (Fsp3) is 0.100. The minimum atomic E-state index is -0.534. The number of nitrogens with zero attached hydrogens (tertiary/aromatic N) is 5. The molecule has 0 aliphatic rings. The molecule has 0 saturated heterocycles. The monoisotopic (exact) mass is 406 g/mol. The van der Waals surface area contributed by atoms with E-state index in [1.54, 1.807) is 43.6 Å². The number of anilines is 1. The van der Waals surface area contributed by atoms with E-state index in [1.165, 1.54) is 18.2 Å². The Labute approximate surface area is 169 Å². The number of aryl methyl sites for hydroxylation is 1. The summed E-state index contributed by atoms with van der Waals surface area (Å²) in [6, 6.07) is 10.4. The third-order valence-corrected chi connectivity index (χ3v) is 4.20. The standard InChI is InChI=1S/C20H15FN6O3/c1-12-2-3-14(10-15(12)21)23-17(28)11-27-18(29)5-4-16(25-27)20-24-19(26-30-20)13-6-8-22-9-7-13/h2-10H,11H2,1H3,(H,23,28). The first-order chi connectivity index (χ1) is 14.5. The molecule has 0 spiro atoms. The lowest BCUT2D eigenvalue weighted by Gasteiger charge is -2.08. The van der Waals surface area contributed by atoms with Crippen molar-refractivity contribution in [2.24, 2.45) is 0 Å². The number of halogens is 1. The molecular formula is C20H15FN6O3. The normalized spacial score (nSPS) is 10.7. The van der Waals surface area contributed by atoms with E-state index in [-0.39, 0.29) is 23.8 Å². The molecule has 30 heavy (non-hydrogen) atoms. The summed E-state index contributed by atoms with van der Waals surface area (Å²) in [5.74, 6) is -0.540. The summed E-state index contributed by atoms with van der Waals surface area (Å²) in [7, 11) is 0. The molecule has 3 aromatic heterocycles. The van der Waals surface area contributed by atoms with Crippen molar-refractivity contribution in [3.63, 3.8) is 0 Å². The van der Waals surface area contributed by atoms with Gasteiger partial charge in [-0.2, -0.15) is 10.1 Å². The van der Waals surface area contributed by atoms with Crippen molar-refractivity contribution in [3.8, 4) is 23.0 Å². The van der Waals surface area contributed by atoms with Gasteiger partial charge in [-0.05, 0) is 42.8 Å². The second-order valence-electron chi connectivity index (χ2n) is 6.39. The quantitative estimate of drug-likeness (QED) is 0.541. The van der Waals surface area contributed by atoms with Crippen LogP contribution in [0.1, 0.15) is 5.56 Å². The predicted octanol–water partition coefficient (Wildman–Crippen LogP) is 2.44. The number of carbonyl (C=O) groups is 1. The molecule has 0 aliphatic heterocycles. The van der Waals surface area contributed by atoms with Crippen LogP contribution < -0.4 is 10.9 Å². The Balaban J connectivity index is 1.53. The van der Waals surface area contributed by atoms with Gasteiger partial charge in [0.15, 0.2) is 0 Å². The SMILES string of the molecule is Cc1ccc(NC(=O)Cn2nc(-c3nc(-c4ccncc4)no3)ccc2=O)cc1F. The number of benzene rings is 1. The zero-order valence-electron chi connectivity index (χ0n) is 15.7. The number of hydrogen-bond donors (Lipinski definition) is 1. The number of hydrogen-bond acceptors (Lipinski definition) is 7. The Morgan fingerprint density at radius 3 is 2.73 bits per heavy atom. The molecule has 4 rings (SSSR count). The number of nitrogens with one attached hydrogen (secondary N) is 1. The van der Waals surface area contributed by atoms with Crippen molar-refractivity contribution in [2.45, 2.75) is 13.5 Å². The van der Waals surface area contributed by atoms with Gasteiger partial charge in [0.2, 0.25) is 11.7 Å². The van der Waals surface area contributed by atoms with E-state index < -0.39 is 17.3 Å². The van der Waals surface area contributed by atoms with Gasteiger partial charge in [0, 0.05) is 29.7 Å². The van der Waals surface area contributed by atoms with Crippen LogP contribution in [0.3, 0.4) is 0 Å². The lowest BCUT2D eigenvalue weighted by atomic mass is 10.2. The van der Waals surface area contributed by atoms with Gasteiger partial charge in [-0.15, -0.1) is 0 Å². The molecule has 1 aromatic carbocycles.